The summed E-state index contributed by atoms with van der Waals surface area (Å²) in [6.45, 7) is 18.6. The van der Waals surface area contributed by atoms with Crippen molar-refractivity contribution in [2.45, 2.75) is 137 Å². The fourth-order valence-corrected chi connectivity index (χ4v) is 7.27. The molecule has 0 spiro atoms. The van der Waals surface area contributed by atoms with Crippen LogP contribution in [-0.4, -0.2) is 18.3 Å². The Hall–Kier alpha value is -0.830. The van der Waals surface area contributed by atoms with E-state index in [0.29, 0.717) is 19.0 Å². The fourth-order valence-electron chi connectivity index (χ4n) is 5.37. The Morgan fingerprint density at radius 1 is 0.857 bits per heavy atom. The lowest BCUT2D eigenvalue weighted by atomic mass is 9.73. The van der Waals surface area contributed by atoms with Gasteiger partial charge in [0.2, 0.25) is 0 Å². The highest BCUT2D eigenvalue weighted by Gasteiger charge is 2.40. The number of hydrogen-bond donors (Lipinski definition) is 1. The number of phenolic OH excluding ortho intramolecular Hbond substituents is 1. The highest BCUT2D eigenvalue weighted by Crippen LogP contribution is 2.57. The van der Waals surface area contributed by atoms with Gasteiger partial charge in [0.1, 0.15) is 5.75 Å². The molecule has 0 atom stereocenters. The number of aromatic hydroxyl groups is 1. The Morgan fingerprint density at radius 3 is 1.71 bits per heavy atom. The average molecular weight is 509 g/mol. The normalized spacial score (nSPS) is 23.5. The quantitative estimate of drug-likeness (QED) is 0.201. The summed E-state index contributed by atoms with van der Waals surface area (Å²) in [6, 6.07) is 4.14. The first-order valence-electron chi connectivity index (χ1n) is 14.1. The summed E-state index contributed by atoms with van der Waals surface area (Å²) >= 11 is 0. The van der Waals surface area contributed by atoms with Crippen LogP contribution in [0.25, 0.3) is 0 Å². The Bertz CT molecular complexity index is 803. The molecule has 0 radical (unpaired) electrons. The van der Waals surface area contributed by atoms with E-state index in [9.17, 15) is 9.67 Å². The SMILES string of the molecule is CCCCCC(C)(C)c1cc(CP2(=O)OCC(C)(CCC)CO2)cc(C(C)(C)CCCCC)c1O. The van der Waals surface area contributed by atoms with E-state index in [2.05, 4.69) is 67.5 Å². The molecule has 1 saturated heterocycles. The van der Waals surface area contributed by atoms with Crippen molar-refractivity contribution in [2.24, 2.45) is 5.41 Å². The van der Waals surface area contributed by atoms with Crippen molar-refractivity contribution in [3.8, 4) is 5.75 Å². The van der Waals surface area contributed by atoms with Crippen LogP contribution >= 0.6 is 7.60 Å². The third kappa shape index (κ3) is 8.34. The van der Waals surface area contributed by atoms with Crippen molar-refractivity contribution in [3.05, 3.63) is 28.8 Å². The van der Waals surface area contributed by atoms with Gasteiger partial charge in [0.15, 0.2) is 0 Å². The van der Waals surface area contributed by atoms with Crippen molar-refractivity contribution >= 4 is 7.60 Å². The van der Waals surface area contributed by atoms with Gasteiger partial charge in [-0.15, -0.1) is 0 Å². The maximum absolute atomic E-state index is 13.6. The topological polar surface area (TPSA) is 55.8 Å². The van der Waals surface area contributed by atoms with Crippen molar-refractivity contribution in [1.29, 1.82) is 0 Å². The fraction of sp³-hybridized carbons (Fsp3) is 0.800. The second-order valence-electron chi connectivity index (χ2n) is 12.6. The number of rotatable bonds is 14. The van der Waals surface area contributed by atoms with Gasteiger partial charge in [-0.25, -0.2) is 0 Å². The molecule has 0 unspecified atom stereocenters. The summed E-state index contributed by atoms with van der Waals surface area (Å²) in [5.41, 5.74) is 2.45. The monoisotopic (exact) mass is 508 g/mol. The third-order valence-corrected chi connectivity index (χ3v) is 9.69. The van der Waals surface area contributed by atoms with Crippen LogP contribution < -0.4 is 0 Å². The largest absolute Gasteiger partial charge is 0.507 e. The van der Waals surface area contributed by atoms with Gasteiger partial charge >= 0.3 is 7.60 Å². The molecule has 202 valence electrons. The summed E-state index contributed by atoms with van der Waals surface area (Å²) in [5, 5.41) is 11.6. The van der Waals surface area contributed by atoms with E-state index in [1.54, 1.807) is 0 Å². The van der Waals surface area contributed by atoms with Gasteiger partial charge in [0.05, 0.1) is 19.4 Å². The van der Waals surface area contributed by atoms with Gasteiger partial charge in [-0.05, 0) is 35.7 Å². The summed E-state index contributed by atoms with van der Waals surface area (Å²) in [4.78, 5) is 0. The lowest BCUT2D eigenvalue weighted by molar-refractivity contribution is 0.0227. The molecule has 1 heterocycles. The van der Waals surface area contributed by atoms with Gasteiger partial charge < -0.3 is 14.2 Å². The molecule has 1 N–H and O–H groups in total. The van der Waals surface area contributed by atoms with Gasteiger partial charge in [-0.3, -0.25) is 4.57 Å². The van der Waals surface area contributed by atoms with Crippen LogP contribution in [0.1, 0.15) is 136 Å². The highest BCUT2D eigenvalue weighted by molar-refractivity contribution is 7.53. The zero-order chi connectivity index (χ0) is 26.3. The zero-order valence-electron chi connectivity index (χ0n) is 24.0. The minimum atomic E-state index is -3.23. The minimum Gasteiger partial charge on any atom is -0.507 e. The number of hydrogen-bond acceptors (Lipinski definition) is 4. The van der Waals surface area contributed by atoms with E-state index in [0.717, 1.165) is 55.2 Å². The molecule has 0 aliphatic carbocycles. The maximum atomic E-state index is 13.6. The maximum Gasteiger partial charge on any atom is 0.335 e. The molecule has 1 aromatic carbocycles. The molecule has 0 amide bonds. The van der Waals surface area contributed by atoms with E-state index < -0.39 is 7.60 Å². The Kier molecular flexibility index (Phi) is 11.0. The molecule has 2 rings (SSSR count). The van der Waals surface area contributed by atoms with Crippen LogP contribution in [0.15, 0.2) is 12.1 Å². The second kappa shape index (κ2) is 12.6. The molecule has 1 aromatic rings. The van der Waals surface area contributed by atoms with Gasteiger partial charge in [-0.2, -0.15) is 0 Å². The lowest BCUT2D eigenvalue weighted by Crippen LogP contribution is -2.32. The molecule has 0 aromatic heterocycles. The minimum absolute atomic E-state index is 0.0729. The molecule has 1 fully saturated rings. The second-order valence-corrected chi connectivity index (χ2v) is 14.7. The van der Waals surface area contributed by atoms with Crippen molar-refractivity contribution in [1.82, 2.24) is 0 Å². The first kappa shape index (κ1) is 30.4. The summed E-state index contributed by atoms with van der Waals surface area (Å²) in [7, 11) is -3.23. The molecule has 0 saturated carbocycles. The highest BCUT2D eigenvalue weighted by atomic mass is 31.2. The first-order chi connectivity index (χ1) is 16.3. The van der Waals surface area contributed by atoms with Crippen molar-refractivity contribution < 1.29 is 18.7 Å². The van der Waals surface area contributed by atoms with Crippen LogP contribution in [-0.2, 0) is 30.6 Å². The van der Waals surface area contributed by atoms with E-state index in [1.165, 1.54) is 25.7 Å². The van der Waals surface area contributed by atoms with Crippen LogP contribution in [0.3, 0.4) is 0 Å². The van der Waals surface area contributed by atoms with Gasteiger partial charge in [0.25, 0.3) is 0 Å². The molecule has 0 bridgehead atoms. The molecule has 1 aliphatic rings. The van der Waals surface area contributed by atoms with Crippen LogP contribution in [0.5, 0.6) is 5.75 Å². The standard InChI is InChI=1S/C30H53O4P/c1-9-12-14-17-28(4,5)25-19-24(20-26(27(25)31)29(6,7)18-15-13-10-2)21-35(32)33-22-30(8,16-11-3)23-34-35/h19-20,31H,9-18,21-23H2,1-8H3. The van der Waals surface area contributed by atoms with Crippen LogP contribution in [0.2, 0.25) is 0 Å². The van der Waals surface area contributed by atoms with E-state index in [1.807, 2.05) is 0 Å². The summed E-state index contributed by atoms with van der Waals surface area (Å²) < 4.78 is 25.5. The zero-order valence-corrected chi connectivity index (χ0v) is 24.9. The van der Waals surface area contributed by atoms with E-state index >= 15 is 0 Å². The first-order valence-corrected chi connectivity index (χ1v) is 15.8. The Labute approximate surface area is 216 Å². The number of phenols is 1. The summed E-state index contributed by atoms with van der Waals surface area (Å²) in [5.74, 6) is 0.413. The third-order valence-electron chi connectivity index (χ3n) is 7.89. The molecule has 1 aliphatic heterocycles. The molecule has 4 nitrogen and oxygen atoms in total. The van der Waals surface area contributed by atoms with Crippen molar-refractivity contribution in [2.75, 3.05) is 13.2 Å². The molecular weight excluding hydrogens is 455 g/mol. The Morgan fingerprint density at radius 2 is 1.31 bits per heavy atom. The molecule has 35 heavy (non-hydrogen) atoms. The van der Waals surface area contributed by atoms with Crippen molar-refractivity contribution in [3.63, 3.8) is 0 Å². The molecule has 5 heteroatoms. The van der Waals surface area contributed by atoms with Gasteiger partial charge in [-0.1, -0.05) is 112 Å². The lowest BCUT2D eigenvalue weighted by Gasteiger charge is -2.37. The predicted octanol–water partition coefficient (Wildman–Crippen LogP) is 9.65. The van der Waals surface area contributed by atoms with Crippen LogP contribution in [0.4, 0.5) is 0 Å². The molecular formula is C30H53O4P. The van der Waals surface area contributed by atoms with Gasteiger partial charge in [0, 0.05) is 16.5 Å². The number of benzene rings is 1. The smallest absolute Gasteiger partial charge is 0.335 e. The average Bonchev–Trinajstić information content (AvgIpc) is 2.77. The number of unbranched alkanes of at least 4 members (excludes halogenated alkanes) is 4. The van der Waals surface area contributed by atoms with E-state index in [-0.39, 0.29) is 22.4 Å². The predicted molar refractivity (Wildman–Crippen MR) is 149 cm³/mol. The van der Waals surface area contributed by atoms with E-state index in [4.69, 9.17) is 9.05 Å². The summed E-state index contributed by atoms with van der Waals surface area (Å²) in [6.07, 6.45) is 11.3. The Balaban J connectivity index is 2.42. The van der Waals surface area contributed by atoms with Crippen LogP contribution in [0, 0.1) is 5.41 Å².